The number of carbonyl (C=O) groups excluding carboxylic acids is 2. The Bertz CT molecular complexity index is 267. The number of nitrogens with one attached hydrogen (secondary N) is 2. The van der Waals surface area contributed by atoms with E-state index in [4.69, 9.17) is 0 Å². The first-order valence-corrected chi connectivity index (χ1v) is 4.13. The van der Waals surface area contributed by atoms with Gasteiger partial charge in [-0.3, -0.25) is 10.1 Å². The molecule has 0 rings (SSSR count). The molecule has 0 aliphatic carbocycles. The molecule has 0 aliphatic heterocycles. The molecule has 0 radical (unpaired) electrons. The van der Waals surface area contributed by atoms with E-state index in [9.17, 15) is 9.59 Å². The lowest BCUT2D eigenvalue weighted by molar-refractivity contribution is -0.108. The molecule has 0 heterocycles. The van der Waals surface area contributed by atoms with Gasteiger partial charge in [0, 0.05) is 6.54 Å². The van der Waals surface area contributed by atoms with Gasteiger partial charge in [-0.1, -0.05) is 36.5 Å². The third kappa shape index (κ3) is 6.84. The molecular weight excluding hydrogens is 180 g/mol. The fraction of sp³-hybridized carbons (Fsp3) is 0.200. The Morgan fingerprint density at radius 1 is 1.43 bits per heavy atom. The van der Waals surface area contributed by atoms with Crippen molar-refractivity contribution in [3.8, 4) is 0 Å². The van der Waals surface area contributed by atoms with E-state index in [-0.39, 0.29) is 0 Å². The summed E-state index contributed by atoms with van der Waals surface area (Å²) in [4.78, 5) is 20.6. The summed E-state index contributed by atoms with van der Waals surface area (Å²) in [6, 6.07) is -0.500. The van der Waals surface area contributed by atoms with Crippen molar-refractivity contribution in [3.63, 3.8) is 0 Å². The van der Waals surface area contributed by atoms with Crippen molar-refractivity contribution < 1.29 is 9.59 Å². The Balaban J connectivity index is 3.82. The molecule has 0 unspecified atom stereocenters. The fourth-order valence-corrected chi connectivity index (χ4v) is 0.682. The maximum atomic E-state index is 10.8. The topological polar surface area (TPSA) is 58.2 Å². The Hall–Kier alpha value is -1.84. The van der Waals surface area contributed by atoms with Gasteiger partial charge in [0.25, 0.3) is 0 Å². The average molecular weight is 194 g/mol. The van der Waals surface area contributed by atoms with Crippen molar-refractivity contribution in [2.24, 2.45) is 0 Å². The minimum atomic E-state index is -0.500. The largest absolute Gasteiger partial charge is 0.334 e. The molecule has 14 heavy (non-hydrogen) atoms. The lowest BCUT2D eigenvalue weighted by Crippen LogP contribution is -2.35. The predicted molar refractivity (Wildman–Crippen MR) is 55.7 cm³/mol. The fourth-order valence-electron chi connectivity index (χ4n) is 0.682. The van der Waals surface area contributed by atoms with Gasteiger partial charge in [-0.2, -0.15) is 0 Å². The molecule has 0 aromatic carbocycles. The molecule has 4 heteroatoms. The van der Waals surface area contributed by atoms with Gasteiger partial charge in [-0.05, 0) is 6.92 Å². The average Bonchev–Trinajstić information content (AvgIpc) is 2.16. The van der Waals surface area contributed by atoms with Gasteiger partial charge in [0.15, 0.2) is 0 Å². The molecule has 0 aromatic heterocycles. The highest BCUT2D eigenvalue weighted by atomic mass is 16.2. The summed E-state index contributed by atoms with van der Waals surface area (Å²) in [5.74, 6) is 0. The van der Waals surface area contributed by atoms with Crippen LogP contribution in [0.5, 0.6) is 0 Å². The van der Waals surface area contributed by atoms with E-state index in [0.29, 0.717) is 13.0 Å². The van der Waals surface area contributed by atoms with Crippen molar-refractivity contribution in [1.82, 2.24) is 10.6 Å². The van der Waals surface area contributed by atoms with Gasteiger partial charge < -0.3 is 5.32 Å². The van der Waals surface area contributed by atoms with E-state index in [1.54, 1.807) is 12.2 Å². The summed E-state index contributed by atoms with van der Waals surface area (Å²) in [5, 5.41) is 4.48. The molecule has 4 nitrogen and oxygen atoms in total. The van der Waals surface area contributed by atoms with Crippen molar-refractivity contribution >= 4 is 12.4 Å². The number of hydrogen-bond acceptors (Lipinski definition) is 2. The highest BCUT2D eigenvalue weighted by molar-refractivity contribution is 5.84. The zero-order valence-electron chi connectivity index (χ0n) is 8.12. The van der Waals surface area contributed by atoms with E-state index in [0.717, 1.165) is 5.57 Å². The number of carbonyl (C=O) groups is 2. The molecule has 0 aliphatic rings. The molecule has 0 fully saturated rings. The van der Waals surface area contributed by atoms with Crippen molar-refractivity contribution in [2.75, 3.05) is 6.54 Å². The highest BCUT2D eigenvalue weighted by Gasteiger charge is 1.95. The van der Waals surface area contributed by atoms with E-state index in [1.165, 1.54) is 0 Å². The zero-order chi connectivity index (χ0) is 10.8. The minimum absolute atomic E-state index is 0.339. The zero-order valence-corrected chi connectivity index (χ0v) is 8.12. The number of imide groups is 1. The SMILES string of the molecule is C=C/C=C\C=C(\C)CNC(=O)NC=O. The maximum Gasteiger partial charge on any atom is 0.321 e. The number of hydrogen-bond donors (Lipinski definition) is 2. The van der Waals surface area contributed by atoms with Crippen molar-refractivity contribution in [2.45, 2.75) is 6.92 Å². The second-order valence-electron chi connectivity index (χ2n) is 2.58. The molecule has 2 N–H and O–H groups in total. The van der Waals surface area contributed by atoms with E-state index >= 15 is 0 Å². The van der Waals surface area contributed by atoms with E-state index in [1.807, 2.05) is 24.4 Å². The summed E-state index contributed by atoms with van der Waals surface area (Å²) in [6.07, 6.45) is 7.46. The summed E-state index contributed by atoms with van der Waals surface area (Å²) >= 11 is 0. The lowest BCUT2D eigenvalue weighted by atomic mass is 10.2. The van der Waals surface area contributed by atoms with Crippen LogP contribution in [0.3, 0.4) is 0 Å². The third-order valence-electron chi connectivity index (χ3n) is 1.35. The second-order valence-corrected chi connectivity index (χ2v) is 2.58. The normalized spacial score (nSPS) is 11.1. The summed E-state index contributed by atoms with van der Waals surface area (Å²) in [5.41, 5.74) is 0.976. The van der Waals surface area contributed by atoms with Crippen molar-refractivity contribution in [3.05, 3.63) is 36.5 Å². The van der Waals surface area contributed by atoms with Gasteiger partial charge in [-0.15, -0.1) is 0 Å². The van der Waals surface area contributed by atoms with Gasteiger partial charge in [0.1, 0.15) is 0 Å². The van der Waals surface area contributed by atoms with E-state index < -0.39 is 6.03 Å². The number of rotatable bonds is 5. The van der Waals surface area contributed by atoms with Crippen molar-refractivity contribution in [1.29, 1.82) is 0 Å². The molecule has 0 atom stereocenters. The van der Waals surface area contributed by atoms with Crippen LogP contribution < -0.4 is 10.6 Å². The first-order chi connectivity index (χ1) is 6.70. The molecule has 0 bridgehead atoms. The van der Waals surface area contributed by atoms with Gasteiger partial charge in [0.05, 0.1) is 0 Å². The molecular formula is C10H14N2O2. The van der Waals surface area contributed by atoms with Gasteiger partial charge in [-0.25, -0.2) is 4.79 Å². The predicted octanol–water partition coefficient (Wildman–Crippen LogP) is 1.13. The summed E-state index contributed by atoms with van der Waals surface area (Å²) in [7, 11) is 0. The Morgan fingerprint density at radius 3 is 2.71 bits per heavy atom. The van der Waals surface area contributed by atoms with Crippen LogP contribution in [0.15, 0.2) is 36.5 Å². The standard InChI is InChI=1S/C10H14N2O2/c1-3-4-5-6-9(2)7-11-10(14)12-8-13/h3-6,8H,1,7H2,2H3,(H2,11,12,13,14)/b5-4-,9-6-. The molecule has 0 saturated carbocycles. The molecule has 0 aromatic rings. The van der Waals surface area contributed by atoms with Crippen LogP contribution in [-0.4, -0.2) is 19.0 Å². The number of urea groups is 1. The Morgan fingerprint density at radius 2 is 2.14 bits per heavy atom. The lowest BCUT2D eigenvalue weighted by Gasteiger charge is -2.02. The Labute approximate surface area is 83.4 Å². The number of allylic oxidation sites excluding steroid dienone is 4. The van der Waals surface area contributed by atoms with Crippen LogP contribution in [0.25, 0.3) is 0 Å². The van der Waals surface area contributed by atoms with Crippen LogP contribution in [-0.2, 0) is 4.79 Å². The molecule has 0 spiro atoms. The monoisotopic (exact) mass is 194 g/mol. The van der Waals surface area contributed by atoms with Gasteiger partial charge >= 0.3 is 6.03 Å². The summed E-state index contributed by atoms with van der Waals surface area (Å²) in [6.45, 7) is 5.80. The van der Waals surface area contributed by atoms with Crippen LogP contribution in [0.1, 0.15) is 6.92 Å². The summed E-state index contributed by atoms with van der Waals surface area (Å²) < 4.78 is 0. The quantitative estimate of drug-likeness (QED) is 0.509. The number of amides is 3. The van der Waals surface area contributed by atoms with E-state index in [2.05, 4.69) is 11.9 Å². The van der Waals surface area contributed by atoms with Gasteiger partial charge in [0.2, 0.25) is 6.41 Å². The first kappa shape index (κ1) is 12.2. The highest BCUT2D eigenvalue weighted by Crippen LogP contribution is 1.90. The van der Waals surface area contributed by atoms with Crippen LogP contribution in [0.2, 0.25) is 0 Å². The molecule has 76 valence electrons. The third-order valence-corrected chi connectivity index (χ3v) is 1.35. The molecule has 0 saturated heterocycles. The maximum absolute atomic E-state index is 10.8. The van der Waals surface area contributed by atoms with Crippen LogP contribution >= 0.6 is 0 Å². The van der Waals surface area contributed by atoms with Crippen LogP contribution in [0, 0.1) is 0 Å². The molecule has 3 amide bonds. The Kier molecular flexibility index (Phi) is 6.77. The first-order valence-electron chi connectivity index (χ1n) is 4.13. The smallest absolute Gasteiger partial charge is 0.321 e. The second kappa shape index (κ2) is 7.79. The minimum Gasteiger partial charge on any atom is -0.334 e. The van der Waals surface area contributed by atoms with Crippen LogP contribution in [0.4, 0.5) is 4.79 Å².